The first-order valence-electron chi connectivity index (χ1n) is 9.01. The van der Waals surface area contributed by atoms with Crippen LogP contribution in [0.2, 0.25) is 0 Å². The molecule has 0 spiro atoms. The van der Waals surface area contributed by atoms with Gasteiger partial charge in [0.1, 0.15) is 17.6 Å². The minimum atomic E-state index is -0.0581. The summed E-state index contributed by atoms with van der Waals surface area (Å²) >= 11 is 0. The molecule has 5 heteroatoms. The molecule has 138 valence electrons. The summed E-state index contributed by atoms with van der Waals surface area (Å²) in [6, 6.07) is 15.7. The number of fused-ring (bicyclic) bond motifs is 1. The van der Waals surface area contributed by atoms with Crippen LogP contribution in [0.1, 0.15) is 12.5 Å². The van der Waals surface area contributed by atoms with Gasteiger partial charge in [-0.3, -0.25) is 4.79 Å². The lowest BCUT2D eigenvalue weighted by Gasteiger charge is -2.37. The molecule has 0 N–H and O–H groups in total. The highest BCUT2D eigenvalue weighted by molar-refractivity contribution is 5.77. The second-order valence-corrected chi connectivity index (χ2v) is 6.57. The molecule has 1 amide bonds. The van der Waals surface area contributed by atoms with Crippen LogP contribution in [0.4, 0.5) is 5.69 Å². The maximum Gasteiger partial charge on any atom is 0.260 e. The molecule has 0 radical (unpaired) electrons. The number of hydrogen-bond acceptors (Lipinski definition) is 4. The Hall–Kier alpha value is -2.69. The van der Waals surface area contributed by atoms with Crippen molar-refractivity contribution in [2.24, 2.45) is 0 Å². The molecule has 2 aromatic rings. The number of para-hydroxylation sites is 3. The van der Waals surface area contributed by atoms with E-state index >= 15 is 0 Å². The summed E-state index contributed by atoms with van der Waals surface area (Å²) in [6.07, 6.45) is -0.0581. The van der Waals surface area contributed by atoms with Crippen LogP contribution >= 0.6 is 0 Å². The SMILES string of the molecule is CCN1C[C@@H](CN(C)C(=O)COc2ccccc2C)Oc2ccccc21. The first kappa shape index (κ1) is 18.1. The van der Waals surface area contributed by atoms with E-state index in [4.69, 9.17) is 9.47 Å². The summed E-state index contributed by atoms with van der Waals surface area (Å²) in [5.74, 6) is 1.57. The van der Waals surface area contributed by atoms with Gasteiger partial charge in [-0.05, 0) is 37.6 Å². The van der Waals surface area contributed by atoms with Gasteiger partial charge in [-0.2, -0.15) is 0 Å². The van der Waals surface area contributed by atoms with Crippen molar-refractivity contribution in [3.8, 4) is 11.5 Å². The zero-order chi connectivity index (χ0) is 18.5. The molecule has 0 fully saturated rings. The number of aryl methyl sites for hydroxylation is 1. The van der Waals surface area contributed by atoms with Crippen LogP contribution in [0.5, 0.6) is 11.5 Å². The van der Waals surface area contributed by atoms with E-state index in [0.717, 1.165) is 35.8 Å². The molecule has 3 rings (SSSR count). The second kappa shape index (κ2) is 8.13. The van der Waals surface area contributed by atoms with Crippen LogP contribution in [0, 0.1) is 6.92 Å². The first-order valence-corrected chi connectivity index (χ1v) is 9.01. The predicted molar refractivity (Wildman–Crippen MR) is 103 cm³/mol. The maximum atomic E-state index is 12.4. The lowest BCUT2D eigenvalue weighted by Crippen LogP contribution is -2.47. The zero-order valence-corrected chi connectivity index (χ0v) is 15.6. The summed E-state index contributed by atoms with van der Waals surface area (Å²) in [7, 11) is 1.80. The Balaban J connectivity index is 1.57. The van der Waals surface area contributed by atoms with Crippen molar-refractivity contribution in [3.63, 3.8) is 0 Å². The van der Waals surface area contributed by atoms with Crippen molar-refractivity contribution in [2.75, 3.05) is 38.2 Å². The van der Waals surface area contributed by atoms with E-state index in [2.05, 4.69) is 17.9 Å². The maximum absolute atomic E-state index is 12.4. The van der Waals surface area contributed by atoms with Gasteiger partial charge < -0.3 is 19.3 Å². The van der Waals surface area contributed by atoms with Gasteiger partial charge in [0.2, 0.25) is 0 Å². The normalized spacial score (nSPS) is 15.8. The topological polar surface area (TPSA) is 42.0 Å². The number of ether oxygens (including phenoxy) is 2. The van der Waals surface area contributed by atoms with E-state index in [9.17, 15) is 4.79 Å². The third-order valence-corrected chi connectivity index (χ3v) is 4.65. The molecular formula is C21H26N2O3. The predicted octanol–water partition coefficient (Wildman–Crippen LogP) is 3.12. The molecule has 1 aliphatic rings. The molecular weight excluding hydrogens is 328 g/mol. The van der Waals surface area contributed by atoms with E-state index in [-0.39, 0.29) is 18.6 Å². The highest BCUT2D eigenvalue weighted by Crippen LogP contribution is 2.32. The quantitative estimate of drug-likeness (QED) is 0.799. The molecule has 0 aromatic heterocycles. The standard InChI is InChI=1S/C21H26N2O3/c1-4-23-14-17(26-20-12-8-6-10-18(20)23)13-22(3)21(24)15-25-19-11-7-5-9-16(19)2/h5-12,17H,4,13-15H2,1-3H3/t17-/m1/s1. The summed E-state index contributed by atoms with van der Waals surface area (Å²) in [6.45, 7) is 6.33. The molecule has 0 saturated carbocycles. The summed E-state index contributed by atoms with van der Waals surface area (Å²) < 4.78 is 11.8. The van der Waals surface area contributed by atoms with Crippen molar-refractivity contribution in [3.05, 3.63) is 54.1 Å². The van der Waals surface area contributed by atoms with Crippen LogP contribution in [-0.2, 0) is 4.79 Å². The minimum Gasteiger partial charge on any atom is -0.485 e. The lowest BCUT2D eigenvalue weighted by molar-refractivity contribution is -0.133. The van der Waals surface area contributed by atoms with E-state index < -0.39 is 0 Å². The Kier molecular flexibility index (Phi) is 5.66. The van der Waals surface area contributed by atoms with E-state index in [1.54, 1.807) is 11.9 Å². The van der Waals surface area contributed by atoms with Crippen molar-refractivity contribution in [1.29, 1.82) is 0 Å². The molecule has 5 nitrogen and oxygen atoms in total. The Morgan fingerprint density at radius 2 is 1.96 bits per heavy atom. The molecule has 1 aliphatic heterocycles. The van der Waals surface area contributed by atoms with Crippen LogP contribution < -0.4 is 14.4 Å². The van der Waals surface area contributed by atoms with Crippen LogP contribution in [0.3, 0.4) is 0 Å². The molecule has 0 aliphatic carbocycles. The van der Waals surface area contributed by atoms with Gasteiger partial charge in [0.05, 0.1) is 18.8 Å². The Morgan fingerprint density at radius 3 is 2.73 bits per heavy atom. The van der Waals surface area contributed by atoms with Crippen molar-refractivity contribution in [2.45, 2.75) is 20.0 Å². The minimum absolute atomic E-state index is 0.0299. The van der Waals surface area contributed by atoms with Crippen LogP contribution in [-0.4, -0.2) is 50.2 Å². The van der Waals surface area contributed by atoms with Gasteiger partial charge in [-0.15, -0.1) is 0 Å². The number of carbonyl (C=O) groups is 1. The first-order chi connectivity index (χ1) is 12.6. The van der Waals surface area contributed by atoms with Crippen LogP contribution in [0.25, 0.3) is 0 Å². The lowest BCUT2D eigenvalue weighted by atomic mass is 10.2. The fourth-order valence-electron chi connectivity index (χ4n) is 3.15. The van der Waals surface area contributed by atoms with Crippen molar-refractivity contribution < 1.29 is 14.3 Å². The highest BCUT2D eigenvalue weighted by atomic mass is 16.5. The smallest absolute Gasteiger partial charge is 0.260 e. The molecule has 1 heterocycles. The average molecular weight is 354 g/mol. The van der Waals surface area contributed by atoms with Gasteiger partial charge in [0, 0.05) is 13.6 Å². The van der Waals surface area contributed by atoms with E-state index in [1.165, 1.54) is 0 Å². The number of hydrogen-bond donors (Lipinski definition) is 0. The molecule has 0 unspecified atom stereocenters. The number of benzene rings is 2. The van der Waals surface area contributed by atoms with Crippen molar-refractivity contribution >= 4 is 11.6 Å². The van der Waals surface area contributed by atoms with Crippen molar-refractivity contribution in [1.82, 2.24) is 4.90 Å². The molecule has 0 saturated heterocycles. The number of carbonyl (C=O) groups excluding carboxylic acids is 1. The van der Waals surface area contributed by atoms with Crippen LogP contribution in [0.15, 0.2) is 48.5 Å². The third-order valence-electron chi connectivity index (χ3n) is 4.65. The number of rotatable bonds is 6. The Bertz CT molecular complexity index is 762. The number of anilines is 1. The molecule has 26 heavy (non-hydrogen) atoms. The highest BCUT2D eigenvalue weighted by Gasteiger charge is 2.26. The summed E-state index contributed by atoms with van der Waals surface area (Å²) in [5, 5.41) is 0. The number of nitrogens with zero attached hydrogens (tertiary/aromatic N) is 2. The number of likely N-dealkylation sites (N-methyl/N-ethyl adjacent to an activating group) is 2. The molecule has 1 atom stereocenters. The van der Waals surface area contributed by atoms with Gasteiger partial charge in [-0.25, -0.2) is 0 Å². The van der Waals surface area contributed by atoms with Gasteiger partial charge in [-0.1, -0.05) is 30.3 Å². The third kappa shape index (κ3) is 4.10. The number of amides is 1. The van der Waals surface area contributed by atoms with Gasteiger partial charge in [0.25, 0.3) is 5.91 Å². The van der Waals surface area contributed by atoms with E-state index in [1.807, 2.05) is 49.4 Å². The summed E-state index contributed by atoms with van der Waals surface area (Å²) in [5.41, 5.74) is 2.14. The zero-order valence-electron chi connectivity index (χ0n) is 15.6. The fourth-order valence-corrected chi connectivity index (χ4v) is 3.15. The average Bonchev–Trinajstić information content (AvgIpc) is 2.66. The largest absolute Gasteiger partial charge is 0.485 e. The summed E-state index contributed by atoms with van der Waals surface area (Å²) in [4.78, 5) is 16.4. The Morgan fingerprint density at radius 1 is 1.23 bits per heavy atom. The Labute approximate surface area is 155 Å². The van der Waals surface area contributed by atoms with Gasteiger partial charge in [0.15, 0.2) is 6.61 Å². The fraction of sp³-hybridized carbons (Fsp3) is 0.381. The van der Waals surface area contributed by atoms with E-state index in [0.29, 0.717) is 6.54 Å². The molecule has 0 bridgehead atoms. The second-order valence-electron chi connectivity index (χ2n) is 6.57. The molecule has 2 aromatic carbocycles. The van der Waals surface area contributed by atoms with Gasteiger partial charge >= 0.3 is 0 Å². The monoisotopic (exact) mass is 354 g/mol.